The Balaban J connectivity index is 1.65. The molecule has 0 saturated carbocycles. The van der Waals surface area contributed by atoms with Gasteiger partial charge in [0.25, 0.3) is 5.91 Å². The second-order valence-corrected chi connectivity index (χ2v) is 8.34. The van der Waals surface area contributed by atoms with Crippen LogP contribution >= 0.6 is 11.8 Å². The molecule has 0 aliphatic carbocycles. The van der Waals surface area contributed by atoms with Crippen molar-refractivity contribution in [1.29, 1.82) is 0 Å². The lowest BCUT2D eigenvalue weighted by molar-refractivity contribution is -0.122. The molecule has 1 saturated heterocycles. The quantitative estimate of drug-likeness (QED) is 0.382. The van der Waals surface area contributed by atoms with Crippen LogP contribution in [0, 0.1) is 6.92 Å². The van der Waals surface area contributed by atoms with Gasteiger partial charge >= 0.3 is 5.97 Å². The van der Waals surface area contributed by atoms with Gasteiger partial charge in [0.05, 0.1) is 29.8 Å². The number of methoxy groups -OCH3 is 1. The number of amides is 1. The van der Waals surface area contributed by atoms with Crippen molar-refractivity contribution in [3.8, 4) is 0 Å². The van der Waals surface area contributed by atoms with Gasteiger partial charge in [-0.05, 0) is 60.2 Å². The Morgan fingerprint density at radius 3 is 2.34 bits per heavy atom. The zero-order valence-corrected chi connectivity index (χ0v) is 18.6. The van der Waals surface area contributed by atoms with Crippen molar-refractivity contribution in [1.82, 2.24) is 4.90 Å². The van der Waals surface area contributed by atoms with E-state index in [0.717, 1.165) is 22.4 Å². The predicted molar refractivity (Wildman–Crippen MR) is 129 cm³/mol. The average molecular weight is 443 g/mol. The fourth-order valence-electron chi connectivity index (χ4n) is 3.21. The number of carbonyl (C=O) groups excluding carboxylic acids is 2. The summed E-state index contributed by atoms with van der Waals surface area (Å²) in [6.07, 6.45) is 1.82. The van der Waals surface area contributed by atoms with Gasteiger partial charge in [-0.15, -0.1) is 0 Å². The number of benzene rings is 3. The van der Waals surface area contributed by atoms with E-state index in [2.05, 4.69) is 0 Å². The zero-order chi connectivity index (χ0) is 22.5. The van der Waals surface area contributed by atoms with Crippen molar-refractivity contribution in [3.05, 3.63) is 106 Å². The molecule has 0 spiro atoms. The van der Waals surface area contributed by atoms with Crippen LogP contribution < -0.4 is 0 Å². The molecule has 160 valence electrons. The summed E-state index contributed by atoms with van der Waals surface area (Å²) in [5.74, 6) is -0.487. The summed E-state index contributed by atoms with van der Waals surface area (Å²) in [4.78, 5) is 32.0. The maximum Gasteiger partial charge on any atom is 0.337 e. The Bertz CT molecular complexity index is 1180. The van der Waals surface area contributed by atoms with Crippen molar-refractivity contribution < 1.29 is 14.3 Å². The second kappa shape index (κ2) is 9.66. The summed E-state index contributed by atoms with van der Waals surface area (Å²) in [5.41, 5.74) is 4.27. The zero-order valence-electron chi connectivity index (χ0n) is 17.8. The van der Waals surface area contributed by atoms with Gasteiger partial charge in [-0.25, -0.2) is 9.79 Å². The Kier molecular flexibility index (Phi) is 6.52. The molecule has 0 radical (unpaired) electrons. The molecule has 0 aromatic heterocycles. The van der Waals surface area contributed by atoms with Crippen LogP contribution in [0.2, 0.25) is 0 Å². The minimum Gasteiger partial charge on any atom is -0.465 e. The van der Waals surface area contributed by atoms with E-state index in [1.54, 1.807) is 29.2 Å². The van der Waals surface area contributed by atoms with Crippen LogP contribution in [0.25, 0.3) is 6.08 Å². The number of rotatable bonds is 5. The number of thioether (sulfide) groups is 1. The molecule has 5 nitrogen and oxygen atoms in total. The molecule has 0 N–H and O–H groups in total. The summed E-state index contributed by atoms with van der Waals surface area (Å²) >= 11 is 1.35. The standard InChI is InChI=1S/C26H22N2O3S/c1-18-8-14-22(15-9-18)27-26-28(17-20-6-4-3-5-7-20)24(29)23(32-26)16-19-10-12-21(13-11-19)25(30)31-2/h3-16H,17H2,1-2H3/b23-16+,27-26?. The number of carbonyl (C=O) groups is 2. The Hall–Kier alpha value is -3.64. The molecule has 1 amide bonds. The van der Waals surface area contributed by atoms with Crippen molar-refractivity contribution >= 4 is 40.6 Å². The number of aryl methyl sites for hydroxylation is 1. The smallest absolute Gasteiger partial charge is 0.337 e. The van der Waals surface area contributed by atoms with Gasteiger partial charge in [-0.1, -0.05) is 60.2 Å². The minimum absolute atomic E-state index is 0.0956. The van der Waals surface area contributed by atoms with Crippen LogP contribution in [0.4, 0.5) is 5.69 Å². The molecule has 1 aliphatic rings. The molecular weight excluding hydrogens is 420 g/mol. The number of nitrogens with zero attached hydrogens (tertiary/aromatic N) is 2. The molecular formula is C26H22N2O3S. The van der Waals surface area contributed by atoms with Gasteiger partial charge < -0.3 is 4.74 Å². The van der Waals surface area contributed by atoms with E-state index in [9.17, 15) is 9.59 Å². The summed E-state index contributed by atoms with van der Waals surface area (Å²) in [6, 6.07) is 24.7. The van der Waals surface area contributed by atoms with E-state index in [-0.39, 0.29) is 5.91 Å². The van der Waals surface area contributed by atoms with Gasteiger partial charge in [0.1, 0.15) is 0 Å². The van der Waals surface area contributed by atoms with Crippen molar-refractivity contribution in [2.75, 3.05) is 7.11 Å². The third kappa shape index (κ3) is 4.98. The lowest BCUT2D eigenvalue weighted by atomic mass is 10.1. The molecule has 3 aromatic carbocycles. The van der Waals surface area contributed by atoms with Gasteiger partial charge in [0.15, 0.2) is 5.17 Å². The molecule has 0 unspecified atom stereocenters. The van der Waals surface area contributed by atoms with Gasteiger partial charge in [0.2, 0.25) is 0 Å². The van der Waals surface area contributed by atoms with Gasteiger partial charge in [-0.2, -0.15) is 0 Å². The Morgan fingerprint density at radius 2 is 1.69 bits per heavy atom. The van der Waals surface area contributed by atoms with Crippen LogP contribution in [-0.4, -0.2) is 29.1 Å². The normalized spacial score (nSPS) is 16.1. The van der Waals surface area contributed by atoms with E-state index in [0.29, 0.717) is 22.2 Å². The Morgan fingerprint density at radius 1 is 1.00 bits per heavy atom. The first kappa shape index (κ1) is 21.6. The second-order valence-electron chi connectivity index (χ2n) is 7.33. The van der Waals surface area contributed by atoms with E-state index in [4.69, 9.17) is 9.73 Å². The third-order valence-corrected chi connectivity index (χ3v) is 5.97. The number of hydrogen-bond acceptors (Lipinski definition) is 5. The number of ether oxygens (including phenoxy) is 1. The monoisotopic (exact) mass is 442 g/mol. The Labute approximate surface area is 191 Å². The molecule has 1 fully saturated rings. The highest BCUT2D eigenvalue weighted by Crippen LogP contribution is 2.35. The highest BCUT2D eigenvalue weighted by atomic mass is 32.2. The third-order valence-electron chi connectivity index (χ3n) is 4.96. The minimum atomic E-state index is -0.392. The molecule has 4 rings (SSSR count). The van der Waals surface area contributed by atoms with Crippen LogP contribution in [0.3, 0.4) is 0 Å². The van der Waals surface area contributed by atoms with Crippen LogP contribution in [0.5, 0.6) is 0 Å². The highest BCUT2D eigenvalue weighted by molar-refractivity contribution is 8.18. The van der Waals surface area contributed by atoms with Crippen molar-refractivity contribution in [3.63, 3.8) is 0 Å². The molecule has 1 aliphatic heterocycles. The maximum atomic E-state index is 13.3. The molecule has 3 aromatic rings. The van der Waals surface area contributed by atoms with E-state index in [1.165, 1.54) is 18.9 Å². The summed E-state index contributed by atoms with van der Waals surface area (Å²) in [7, 11) is 1.35. The molecule has 32 heavy (non-hydrogen) atoms. The maximum absolute atomic E-state index is 13.3. The topological polar surface area (TPSA) is 59.0 Å². The number of esters is 1. The van der Waals surface area contributed by atoms with Gasteiger partial charge in [-0.3, -0.25) is 9.69 Å². The largest absolute Gasteiger partial charge is 0.465 e. The highest BCUT2D eigenvalue weighted by Gasteiger charge is 2.33. The lowest BCUT2D eigenvalue weighted by Gasteiger charge is -2.15. The number of amidine groups is 1. The van der Waals surface area contributed by atoms with E-state index < -0.39 is 5.97 Å². The average Bonchev–Trinajstić information content (AvgIpc) is 3.10. The first-order valence-corrected chi connectivity index (χ1v) is 10.9. The van der Waals surface area contributed by atoms with Crippen molar-refractivity contribution in [2.45, 2.75) is 13.5 Å². The predicted octanol–water partition coefficient (Wildman–Crippen LogP) is 5.59. The number of aliphatic imine (C=N–C) groups is 1. The molecule has 0 atom stereocenters. The SMILES string of the molecule is COC(=O)c1ccc(/C=C2/SC(=Nc3ccc(C)cc3)N(Cc3ccccc3)C2=O)cc1. The van der Waals surface area contributed by atoms with Crippen LogP contribution in [0.15, 0.2) is 88.8 Å². The van der Waals surface area contributed by atoms with Crippen LogP contribution in [-0.2, 0) is 16.1 Å². The fraction of sp³-hybridized carbons (Fsp3) is 0.115. The lowest BCUT2D eigenvalue weighted by Crippen LogP contribution is -2.28. The molecule has 6 heteroatoms. The van der Waals surface area contributed by atoms with E-state index in [1.807, 2.05) is 67.6 Å². The first-order chi connectivity index (χ1) is 15.5. The van der Waals surface area contributed by atoms with E-state index >= 15 is 0 Å². The van der Waals surface area contributed by atoms with Crippen LogP contribution in [0.1, 0.15) is 27.0 Å². The van der Waals surface area contributed by atoms with Gasteiger partial charge in [0, 0.05) is 0 Å². The van der Waals surface area contributed by atoms with Crippen molar-refractivity contribution in [2.24, 2.45) is 4.99 Å². The first-order valence-electron chi connectivity index (χ1n) is 10.1. The number of hydrogen-bond donors (Lipinski definition) is 0. The summed E-state index contributed by atoms with van der Waals surface area (Å²) in [5, 5.41) is 0.639. The molecule has 1 heterocycles. The summed E-state index contributed by atoms with van der Waals surface area (Å²) in [6.45, 7) is 2.47. The summed E-state index contributed by atoms with van der Waals surface area (Å²) < 4.78 is 4.74. The molecule has 0 bridgehead atoms. The fourth-order valence-corrected chi connectivity index (χ4v) is 4.21.